The summed E-state index contributed by atoms with van der Waals surface area (Å²) < 4.78 is 105. The van der Waals surface area contributed by atoms with Crippen molar-refractivity contribution in [3.8, 4) is 23.0 Å². The van der Waals surface area contributed by atoms with Crippen molar-refractivity contribution in [2.24, 2.45) is 0 Å². The van der Waals surface area contributed by atoms with E-state index in [9.17, 15) is 31.3 Å². The van der Waals surface area contributed by atoms with Crippen LogP contribution in [-0.2, 0) is 34.2 Å². The van der Waals surface area contributed by atoms with Crippen molar-refractivity contribution in [2.75, 3.05) is 31.1 Å². The Morgan fingerprint density at radius 2 is 1.26 bits per heavy atom. The van der Waals surface area contributed by atoms with E-state index in [1.54, 1.807) is 42.5 Å². The van der Waals surface area contributed by atoms with Gasteiger partial charge < -0.3 is 24.6 Å². The summed E-state index contributed by atoms with van der Waals surface area (Å²) >= 11 is 0. The fourth-order valence-corrected chi connectivity index (χ4v) is 8.53. The van der Waals surface area contributed by atoms with E-state index in [-0.39, 0.29) is 41.1 Å². The predicted octanol–water partition coefficient (Wildman–Crippen LogP) is 9.61. The number of rotatable bonds is 21. The maximum Gasteiger partial charge on any atom is 0.569 e. The lowest BCUT2D eigenvalue weighted by atomic mass is 10.0. The number of aliphatic hydroxyl groups excluding tert-OH is 1. The minimum Gasteiger partial charge on any atom is -0.497 e. The number of sulfonamides is 1. The summed E-state index contributed by atoms with van der Waals surface area (Å²) in [6.07, 6.45) is -0.427. The Morgan fingerprint density at radius 3 is 1.85 bits per heavy atom. The highest BCUT2D eigenvalue weighted by Gasteiger charge is 2.51. The Balaban J connectivity index is 1.07. The van der Waals surface area contributed by atoms with Crippen LogP contribution >= 0.6 is 8.03 Å². The molecule has 0 saturated carbocycles. The molecule has 0 fully saturated rings. The van der Waals surface area contributed by atoms with Crippen molar-refractivity contribution in [1.82, 2.24) is 5.32 Å². The summed E-state index contributed by atoms with van der Waals surface area (Å²) in [7, 11) is -6.66. The van der Waals surface area contributed by atoms with Crippen LogP contribution in [0.3, 0.4) is 0 Å². The van der Waals surface area contributed by atoms with Gasteiger partial charge in [0.2, 0.25) is 5.66 Å². The van der Waals surface area contributed by atoms with Gasteiger partial charge in [-0.3, -0.25) is 8.83 Å². The molecule has 0 radical (unpaired) electrons. The molecular weight excluding hydrogens is 829 g/mol. The third-order valence-corrected chi connectivity index (χ3v) is 12.4. The molecule has 0 spiro atoms. The van der Waals surface area contributed by atoms with Crippen LogP contribution in [0, 0.1) is 0 Å². The number of hydrogen-bond donors (Lipinski definition) is 2. The third-order valence-electron chi connectivity index (χ3n) is 9.48. The second-order valence-corrected chi connectivity index (χ2v) is 17.0. The molecule has 0 saturated heterocycles. The van der Waals surface area contributed by atoms with Crippen molar-refractivity contribution in [1.29, 1.82) is 0 Å². The zero-order chi connectivity index (χ0) is 43.2. The molecule has 318 valence electrons. The van der Waals surface area contributed by atoms with Gasteiger partial charge in [-0.25, -0.2) is 0 Å². The van der Waals surface area contributed by atoms with Crippen LogP contribution in [0.4, 0.5) is 18.9 Å². The van der Waals surface area contributed by atoms with Gasteiger partial charge in [-0.1, -0.05) is 115 Å². The molecule has 0 aliphatic carbocycles. The highest BCUT2D eigenvalue weighted by atomic mass is 32.2. The zero-order valence-electron chi connectivity index (χ0n) is 33.1. The molecule has 0 aliphatic heterocycles. The lowest BCUT2D eigenvalue weighted by molar-refractivity contribution is -0.0438. The van der Waals surface area contributed by atoms with Gasteiger partial charge in [0.25, 0.3) is 0 Å². The van der Waals surface area contributed by atoms with E-state index in [1.807, 2.05) is 72.8 Å². The first-order valence-corrected chi connectivity index (χ1v) is 22.0. The van der Waals surface area contributed by atoms with Crippen LogP contribution in [0.5, 0.6) is 23.0 Å². The van der Waals surface area contributed by atoms with Crippen molar-refractivity contribution in [3.63, 3.8) is 0 Å². The molecule has 61 heavy (non-hydrogen) atoms. The molecule has 0 aliphatic rings. The third kappa shape index (κ3) is 12.3. The molecule has 6 aromatic rings. The molecule has 0 aromatic heterocycles. The molecule has 0 amide bonds. The molecule has 15 heteroatoms. The van der Waals surface area contributed by atoms with E-state index in [0.717, 1.165) is 22.8 Å². The lowest BCUT2D eigenvalue weighted by Gasteiger charge is -2.28. The molecule has 2 atom stereocenters. The molecular formula is C46H45F3N2O8PS+. The minimum atomic E-state index is -5.94. The number of benzene rings is 6. The summed E-state index contributed by atoms with van der Waals surface area (Å²) in [5.41, 5.74) is -2.76. The van der Waals surface area contributed by atoms with Gasteiger partial charge in [-0.05, 0) is 70.6 Å². The fraction of sp³-hybridized carbons (Fsp3) is 0.217. The largest absolute Gasteiger partial charge is 0.569 e. The number of hydrogen-bond acceptors (Lipinski definition) is 9. The van der Waals surface area contributed by atoms with Gasteiger partial charge in [-0.2, -0.15) is 21.6 Å². The summed E-state index contributed by atoms with van der Waals surface area (Å²) in [5.74, 6) is 0.801. The van der Waals surface area contributed by atoms with Crippen molar-refractivity contribution < 1.29 is 50.0 Å². The quantitative estimate of drug-likeness (QED) is 0.0538. The van der Waals surface area contributed by atoms with Gasteiger partial charge in [0.05, 0.1) is 19.3 Å². The standard InChI is InChI=1S/C46H45F3N2O8PS/c1-56-40-21-19-35(20-22-40)31-51(61(54,55)46(47,48)49)43-29-42(25-26-44(43)58-32-36-11-5-2-6-12-36)57-33-39(52)30-50-28-27-34-17-23-41(24-18-34)59-60(53)45(37-13-7-3-8-14-37)38-15-9-4-10-16-38/h2-26,29,39,45,50,52H,27-28,30-33H2,1H3/q+1/t39-/m0/s1. The highest BCUT2D eigenvalue weighted by Crippen LogP contribution is 2.47. The van der Waals surface area contributed by atoms with Crippen LogP contribution in [0.1, 0.15) is 33.5 Å². The van der Waals surface area contributed by atoms with Gasteiger partial charge in [0.1, 0.15) is 36.6 Å². The number of anilines is 1. The fourth-order valence-electron chi connectivity index (χ4n) is 6.29. The molecule has 6 rings (SSSR count). The zero-order valence-corrected chi connectivity index (χ0v) is 34.9. The van der Waals surface area contributed by atoms with Gasteiger partial charge in [-0.15, -0.1) is 0 Å². The molecule has 10 nitrogen and oxygen atoms in total. The molecule has 0 heterocycles. The Labute approximate surface area is 354 Å². The molecule has 2 N–H and O–H groups in total. The smallest absolute Gasteiger partial charge is 0.497 e. The van der Waals surface area contributed by atoms with E-state index in [0.29, 0.717) is 30.0 Å². The first-order chi connectivity index (χ1) is 29.4. The number of aliphatic hydroxyl groups is 1. The van der Waals surface area contributed by atoms with Crippen molar-refractivity contribution >= 4 is 23.7 Å². The Hall–Kier alpha value is -5.92. The first-order valence-electron chi connectivity index (χ1n) is 19.3. The second-order valence-electron chi connectivity index (χ2n) is 13.9. The van der Waals surface area contributed by atoms with Crippen LogP contribution in [0.25, 0.3) is 0 Å². The monoisotopic (exact) mass is 873 g/mol. The van der Waals surface area contributed by atoms with Gasteiger partial charge >= 0.3 is 23.6 Å². The van der Waals surface area contributed by atoms with Crippen LogP contribution in [0.2, 0.25) is 0 Å². The minimum absolute atomic E-state index is 0.0149. The summed E-state index contributed by atoms with van der Waals surface area (Å²) in [5, 5.41) is 13.9. The van der Waals surface area contributed by atoms with Gasteiger partial charge in [0, 0.05) is 23.7 Å². The Bertz CT molecular complexity index is 2370. The SMILES string of the molecule is COc1ccc(CN(c2cc(OC[C@@H](O)CNCCc3ccc(O[P+](=O)C(c4ccccc4)c4ccccc4)cc3)ccc2OCc2ccccc2)S(=O)(=O)C(F)(F)F)cc1. The Morgan fingerprint density at radius 1 is 0.705 bits per heavy atom. The maximum absolute atomic E-state index is 14.2. The van der Waals surface area contributed by atoms with Crippen molar-refractivity contribution in [3.05, 3.63) is 186 Å². The lowest BCUT2D eigenvalue weighted by Crippen LogP contribution is -2.40. The van der Waals surface area contributed by atoms with Crippen LogP contribution < -0.4 is 28.4 Å². The number of methoxy groups -OCH3 is 1. The molecule has 6 aromatic carbocycles. The van der Waals surface area contributed by atoms with E-state index in [1.165, 1.54) is 43.5 Å². The highest BCUT2D eigenvalue weighted by molar-refractivity contribution is 7.93. The number of nitrogens with zero attached hydrogens (tertiary/aromatic N) is 1. The van der Waals surface area contributed by atoms with E-state index in [2.05, 4.69) is 5.32 Å². The van der Waals surface area contributed by atoms with E-state index >= 15 is 0 Å². The molecule has 0 bridgehead atoms. The van der Waals surface area contributed by atoms with E-state index < -0.39 is 47.6 Å². The number of nitrogens with one attached hydrogen (secondary N) is 1. The number of ether oxygens (including phenoxy) is 3. The summed E-state index contributed by atoms with van der Waals surface area (Å²) in [4.78, 5) is 0. The van der Waals surface area contributed by atoms with Crippen molar-refractivity contribution in [2.45, 2.75) is 36.8 Å². The molecule has 1 unspecified atom stereocenters. The van der Waals surface area contributed by atoms with Crippen LogP contribution in [0.15, 0.2) is 158 Å². The number of halogens is 3. The average Bonchev–Trinajstić information content (AvgIpc) is 3.27. The first kappa shape index (κ1) is 44.6. The summed E-state index contributed by atoms with van der Waals surface area (Å²) in [6, 6.07) is 45.2. The predicted molar refractivity (Wildman–Crippen MR) is 229 cm³/mol. The van der Waals surface area contributed by atoms with Gasteiger partial charge in [0.15, 0.2) is 5.75 Å². The average molecular weight is 874 g/mol. The summed E-state index contributed by atoms with van der Waals surface area (Å²) in [6.45, 7) is -0.368. The van der Waals surface area contributed by atoms with E-state index in [4.69, 9.17) is 18.7 Å². The second kappa shape index (κ2) is 21.0. The maximum atomic E-state index is 14.2. The number of alkyl halides is 3. The Kier molecular flexibility index (Phi) is 15.4. The normalized spacial score (nSPS) is 12.4. The topological polar surface area (TPSA) is 124 Å². The van der Waals surface area contributed by atoms with Crippen LogP contribution in [-0.4, -0.2) is 51.9 Å².